The number of carbonyl (C=O) groups is 1. The van der Waals surface area contributed by atoms with E-state index >= 15 is 0 Å². The van der Waals surface area contributed by atoms with Crippen LogP contribution < -0.4 is 5.43 Å². The van der Waals surface area contributed by atoms with Gasteiger partial charge in [-0.1, -0.05) is 0 Å². The van der Waals surface area contributed by atoms with Gasteiger partial charge >= 0.3 is 5.97 Å². The summed E-state index contributed by atoms with van der Waals surface area (Å²) in [6.45, 7) is 1.55. The van der Waals surface area contributed by atoms with Crippen molar-refractivity contribution in [2.75, 3.05) is 13.6 Å². The Kier molecular flexibility index (Phi) is 5.53. The number of aliphatic carboxylic acids is 1. The van der Waals surface area contributed by atoms with E-state index in [0.717, 1.165) is 13.0 Å². The molecular formula is C15H20N4O4. The van der Waals surface area contributed by atoms with Crippen LogP contribution in [0.4, 0.5) is 0 Å². The summed E-state index contributed by atoms with van der Waals surface area (Å²) >= 11 is 0. The number of aromatic hydroxyl groups is 1. The van der Waals surface area contributed by atoms with Crippen LogP contribution in [0.3, 0.4) is 0 Å². The molecule has 8 heteroatoms. The van der Waals surface area contributed by atoms with Gasteiger partial charge in [0, 0.05) is 43.8 Å². The van der Waals surface area contributed by atoms with Crippen molar-refractivity contribution in [1.29, 1.82) is 0 Å². The number of rotatable bonds is 8. The average molecular weight is 320 g/mol. The molecule has 2 heterocycles. The molecule has 0 spiro atoms. The van der Waals surface area contributed by atoms with Crippen molar-refractivity contribution in [2.24, 2.45) is 0 Å². The van der Waals surface area contributed by atoms with E-state index in [4.69, 9.17) is 5.11 Å². The first-order valence-electron chi connectivity index (χ1n) is 7.24. The van der Waals surface area contributed by atoms with Crippen LogP contribution in [0.2, 0.25) is 0 Å². The van der Waals surface area contributed by atoms with Crippen LogP contribution in [0.1, 0.15) is 12.1 Å². The van der Waals surface area contributed by atoms with Crippen LogP contribution in [0.15, 0.2) is 35.8 Å². The molecule has 0 unspecified atom stereocenters. The first-order valence-corrected chi connectivity index (χ1v) is 7.24. The summed E-state index contributed by atoms with van der Waals surface area (Å²) in [5.74, 6) is -1.24. The number of hydrogen-bond acceptors (Lipinski definition) is 5. The second-order valence-corrected chi connectivity index (χ2v) is 5.43. The Morgan fingerprint density at radius 1 is 1.39 bits per heavy atom. The van der Waals surface area contributed by atoms with Gasteiger partial charge in [-0.05, 0) is 13.5 Å². The van der Waals surface area contributed by atoms with Crippen molar-refractivity contribution in [3.05, 3.63) is 46.9 Å². The van der Waals surface area contributed by atoms with Gasteiger partial charge in [0.25, 0.3) is 0 Å². The Bertz CT molecular complexity index is 709. The van der Waals surface area contributed by atoms with Crippen molar-refractivity contribution >= 4 is 5.97 Å². The summed E-state index contributed by atoms with van der Waals surface area (Å²) in [6, 6.07) is 1.35. The molecule has 0 radical (unpaired) electrons. The van der Waals surface area contributed by atoms with Gasteiger partial charge in [0.05, 0.1) is 19.1 Å². The first-order chi connectivity index (χ1) is 11.0. The Balaban J connectivity index is 2.08. The SMILES string of the molecule is CN(CC(=O)O)Cc1cc(=O)c(O)cn1CCCn1ccnc1. The van der Waals surface area contributed by atoms with Crippen molar-refractivity contribution in [3.63, 3.8) is 0 Å². The summed E-state index contributed by atoms with van der Waals surface area (Å²) in [5.41, 5.74) is 0.205. The number of pyridine rings is 1. The normalized spacial score (nSPS) is 11.0. The van der Waals surface area contributed by atoms with Crippen LogP contribution in [-0.4, -0.2) is 48.8 Å². The van der Waals surface area contributed by atoms with Gasteiger partial charge in [0.2, 0.25) is 5.43 Å². The Labute approximate surface area is 133 Å². The zero-order chi connectivity index (χ0) is 16.8. The first kappa shape index (κ1) is 16.8. The molecule has 0 bridgehead atoms. The molecule has 0 fully saturated rings. The lowest BCUT2D eigenvalue weighted by Gasteiger charge is -2.19. The smallest absolute Gasteiger partial charge is 0.317 e. The van der Waals surface area contributed by atoms with E-state index in [2.05, 4.69) is 4.98 Å². The highest BCUT2D eigenvalue weighted by Gasteiger charge is 2.10. The standard InChI is InChI=1S/C15H20N4O4/c1-17(10-15(22)23)8-12-7-13(20)14(21)9-19(12)5-2-4-18-6-3-16-11-18/h3,6-7,9,11,21H,2,4-5,8,10H2,1H3,(H,22,23). The fourth-order valence-corrected chi connectivity index (χ4v) is 2.35. The highest BCUT2D eigenvalue weighted by molar-refractivity contribution is 5.69. The van der Waals surface area contributed by atoms with Gasteiger partial charge in [0.15, 0.2) is 5.75 Å². The van der Waals surface area contributed by atoms with E-state index in [1.54, 1.807) is 29.0 Å². The lowest BCUT2D eigenvalue weighted by molar-refractivity contribution is -0.138. The Hall–Kier alpha value is -2.61. The molecular weight excluding hydrogens is 300 g/mol. The van der Waals surface area contributed by atoms with E-state index in [1.807, 2.05) is 10.8 Å². The average Bonchev–Trinajstić information content (AvgIpc) is 2.96. The molecule has 0 atom stereocenters. The van der Waals surface area contributed by atoms with E-state index < -0.39 is 11.4 Å². The number of likely N-dealkylation sites (N-methyl/N-ethyl adjacent to an activating group) is 1. The fraction of sp³-hybridized carbons (Fsp3) is 0.400. The van der Waals surface area contributed by atoms with Crippen molar-refractivity contribution in [3.8, 4) is 5.75 Å². The molecule has 23 heavy (non-hydrogen) atoms. The predicted octanol–water partition coefficient (Wildman–Crippen LogP) is 0.357. The third-order valence-electron chi connectivity index (χ3n) is 3.41. The Morgan fingerprint density at radius 2 is 2.17 bits per heavy atom. The largest absolute Gasteiger partial charge is 0.503 e. The molecule has 124 valence electrons. The summed E-state index contributed by atoms with van der Waals surface area (Å²) in [5, 5.41) is 18.4. The third kappa shape index (κ3) is 4.96. The lowest BCUT2D eigenvalue weighted by Crippen LogP contribution is -2.27. The molecule has 0 saturated carbocycles. The minimum Gasteiger partial charge on any atom is -0.503 e. The maximum Gasteiger partial charge on any atom is 0.317 e. The van der Waals surface area contributed by atoms with E-state index in [9.17, 15) is 14.7 Å². The van der Waals surface area contributed by atoms with Crippen LogP contribution in [0.5, 0.6) is 5.75 Å². The maximum atomic E-state index is 11.6. The molecule has 2 rings (SSSR count). The second-order valence-electron chi connectivity index (χ2n) is 5.43. The fourth-order valence-electron chi connectivity index (χ4n) is 2.35. The predicted molar refractivity (Wildman–Crippen MR) is 83.2 cm³/mol. The number of imidazole rings is 1. The molecule has 8 nitrogen and oxygen atoms in total. The second kappa shape index (κ2) is 7.59. The minimum absolute atomic E-state index is 0.121. The number of carboxylic acid groups (broad SMARTS) is 1. The van der Waals surface area contributed by atoms with Gasteiger partial charge in [-0.3, -0.25) is 14.5 Å². The summed E-state index contributed by atoms with van der Waals surface area (Å²) in [7, 11) is 1.67. The third-order valence-corrected chi connectivity index (χ3v) is 3.41. The monoisotopic (exact) mass is 320 g/mol. The van der Waals surface area contributed by atoms with Crippen LogP contribution in [0, 0.1) is 0 Å². The molecule has 2 aromatic rings. The number of hydrogen-bond donors (Lipinski definition) is 2. The van der Waals surface area contributed by atoms with E-state index in [-0.39, 0.29) is 12.3 Å². The summed E-state index contributed by atoms with van der Waals surface area (Å²) in [4.78, 5) is 28.0. The molecule has 2 aromatic heterocycles. The number of nitrogens with zero attached hydrogens (tertiary/aromatic N) is 4. The van der Waals surface area contributed by atoms with Crippen molar-refractivity contribution in [1.82, 2.24) is 19.0 Å². The minimum atomic E-state index is -0.930. The summed E-state index contributed by atoms with van der Waals surface area (Å²) in [6.07, 6.45) is 7.49. The van der Waals surface area contributed by atoms with E-state index in [1.165, 1.54) is 12.3 Å². The molecule has 0 saturated heterocycles. The van der Waals surface area contributed by atoms with Gasteiger partial charge in [-0.15, -0.1) is 0 Å². The zero-order valence-electron chi connectivity index (χ0n) is 12.9. The Morgan fingerprint density at radius 3 is 2.83 bits per heavy atom. The molecule has 0 aliphatic carbocycles. The topological polar surface area (TPSA) is 101 Å². The van der Waals surface area contributed by atoms with E-state index in [0.29, 0.717) is 18.8 Å². The number of aryl methyl sites for hydroxylation is 2. The molecule has 0 amide bonds. The van der Waals surface area contributed by atoms with Gasteiger partial charge in [0.1, 0.15) is 0 Å². The zero-order valence-corrected chi connectivity index (χ0v) is 12.9. The van der Waals surface area contributed by atoms with Crippen LogP contribution >= 0.6 is 0 Å². The van der Waals surface area contributed by atoms with Crippen molar-refractivity contribution < 1.29 is 15.0 Å². The summed E-state index contributed by atoms with van der Waals surface area (Å²) < 4.78 is 3.73. The van der Waals surface area contributed by atoms with Crippen LogP contribution in [0.25, 0.3) is 0 Å². The highest BCUT2D eigenvalue weighted by Crippen LogP contribution is 2.09. The van der Waals surface area contributed by atoms with Gasteiger partial charge in [-0.2, -0.15) is 0 Å². The highest BCUT2D eigenvalue weighted by atomic mass is 16.4. The van der Waals surface area contributed by atoms with Crippen molar-refractivity contribution in [2.45, 2.75) is 26.1 Å². The van der Waals surface area contributed by atoms with Gasteiger partial charge in [-0.25, -0.2) is 4.98 Å². The number of aromatic nitrogens is 3. The van der Waals surface area contributed by atoms with Gasteiger partial charge < -0.3 is 19.3 Å². The molecule has 0 aliphatic rings. The molecule has 0 aromatic carbocycles. The molecule has 0 aliphatic heterocycles. The number of carboxylic acids is 1. The van der Waals surface area contributed by atoms with Crippen LogP contribution in [-0.2, 0) is 24.4 Å². The quantitative estimate of drug-likeness (QED) is 0.728. The molecule has 2 N–H and O–H groups in total. The maximum absolute atomic E-state index is 11.6. The lowest BCUT2D eigenvalue weighted by atomic mass is 10.2.